The van der Waals surface area contributed by atoms with Gasteiger partial charge >= 0.3 is 0 Å². The van der Waals surface area contributed by atoms with E-state index in [2.05, 4.69) is 31.2 Å². The Kier molecular flexibility index (Phi) is 4.46. The third-order valence-electron chi connectivity index (χ3n) is 2.74. The summed E-state index contributed by atoms with van der Waals surface area (Å²) in [6.07, 6.45) is 0. The quantitative estimate of drug-likeness (QED) is 0.881. The van der Waals surface area contributed by atoms with Gasteiger partial charge in [-0.15, -0.1) is 0 Å². The van der Waals surface area contributed by atoms with Crippen LogP contribution in [0.4, 0.5) is 10.2 Å². The maximum Gasteiger partial charge on any atom is 0.224 e. The Balaban J connectivity index is 2.42. The van der Waals surface area contributed by atoms with Crippen LogP contribution in [-0.2, 0) is 5.41 Å². The van der Waals surface area contributed by atoms with Gasteiger partial charge in [-0.05, 0) is 18.2 Å². The summed E-state index contributed by atoms with van der Waals surface area (Å²) in [5.41, 5.74) is -0.235. The highest BCUT2D eigenvalue weighted by Crippen LogP contribution is 2.29. The van der Waals surface area contributed by atoms with Gasteiger partial charge in [0.1, 0.15) is 11.6 Å². The van der Waals surface area contributed by atoms with Gasteiger partial charge in [-0.1, -0.05) is 36.7 Å². The van der Waals surface area contributed by atoms with E-state index in [4.69, 9.17) is 4.74 Å². The molecule has 0 aliphatic carbocycles. The SMILES string of the molecule is CNc1cc(Oc2cc(Br)ccc2F)nc(C(C)(C)C)n1. The number of aromatic nitrogens is 2. The lowest BCUT2D eigenvalue weighted by molar-refractivity contribution is 0.417. The van der Waals surface area contributed by atoms with Gasteiger partial charge in [-0.2, -0.15) is 4.98 Å². The van der Waals surface area contributed by atoms with Crippen LogP contribution in [0.1, 0.15) is 26.6 Å². The number of rotatable bonds is 3. The highest BCUT2D eigenvalue weighted by molar-refractivity contribution is 9.10. The molecule has 0 atom stereocenters. The highest BCUT2D eigenvalue weighted by Gasteiger charge is 2.20. The number of hydrogen-bond donors (Lipinski definition) is 1. The molecule has 0 amide bonds. The van der Waals surface area contributed by atoms with Crippen LogP contribution in [-0.4, -0.2) is 17.0 Å². The Hall–Kier alpha value is -1.69. The minimum atomic E-state index is -0.444. The maximum atomic E-state index is 13.8. The molecule has 112 valence electrons. The first-order valence-electron chi connectivity index (χ1n) is 6.50. The lowest BCUT2D eigenvalue weighted by atomic mass is 9.96. The van der Waals surface area contributed by atoms with E-state index in [0.717, 1.165) is 4.47 Å². The van der Waals surface area contributed by atoms with Gasteiger partial charge in [0.15, 0.2) is 11.6 Å². The van der Waals surface area contributed by atoms with E-state index in [1.54, 1.807) is 25.2 Å². The Morgan fingerprint density at radius 3 is 2.52 bits per heavy atom. The molecule has 0 unspecified atom stereocenters. The van der Waals surface area contributed by atoms with E-state index in [1.165, 1.54) is 6.07 Å². The highest BCUT2D eigenvalue weighted by atomic mass is 79.9. The zero-order valence-electron chi connectivity index (χ0n) is 12.4. The van der Waals surface area contributed by atoms with E-state index in [1.807, 2.05) is 20.8 Å². The van der Waals surface area contributed by atoms with Crippen molar-refractivity contribution in [1.82, 2.24) is 9.97 Å². The number of ether oxygens (including phenoxy) is 1. The fourth-order valence-corrected chi connectivity index (χ4v) is 1.95. The van der Waals surface area contributed by atoms with Gasteiger partial charge in [0.25, 0.3) is 0 Å². The van der Waals surface area contributed by atoms with Gasteiger partial charge < -0.3 is 10.1 Å². The minimum Gasteiger partial charge on any atom is -0.436 e. The van der Waals surface area contributed by atoms with Gasteiger partial charge in [-0.25, -0.2) is 9.37 Å². The van der Waals surface area contributed by atoms with Crippen LogP contribution in [0, 0.1) is 5.82 Å². The number of nitrogens with one attached hydrogen (secondary N) is 1. The molecular formula is C15H17BrFN3O. The summed E-state index contributed by atoms with van der Waals surface area (Å²) in [7, 11) is 1.76. The predicted molar refractivity (Wildman–Crippen MR) is 84.5 cm³/mol. The second kappa shape index (κ2) is 5.97. The monoisotopic (exact) mass is 353 g/mol. The van der Waals surface area contributed by atoms with E-state index in [9.17, 15) is 4.39 Å². The molecule has 21 heavy (non-hydrogen) atoms. The van der Waals surface area contributed by atoms with Crippen LogP contribution in [0.5, 0.6) is 11.6 Å². The summed E-state index contributed by atoms with van der Waals surface area (Å²) < 4.78 is 20.1. The Morgan fingerprint density at radius 2 is 1.90 bits per heavy atom. The Morgan fingerprint density at radius 1 is 1.19 bits per heavy atom. The van der Waals surface area contributed by atoms with Crippen molar-refractivity contribution < 1.29 is 9.13 Å². The summed E-state index contributed by atoms with van der Waals surface area (Å²) in [5, 5.41) is 2.96. The van der Waals surface area contributed by atoms with Gasteiger partial charge in [0.05, 0.1) is 0 Å². The molecule has 6 heteroatoms. The van der Waals surface area contributed by atoms with Crippen LogP contribution in [0.25, 0.3) is 0 Å². The summed E-state index contributed by atoms with van der Waals surface area (Å²) in [6.45, 7) is 6.02. The van der Waals surface area contributed by atoms with E-state index in [-0.39, 0.29) is 11.2 Å². The van der Waals surface area contributed by atoms with Gasteiger partial charge in [-0.3, -0.25) is 0 Å². The van der Waals surface area contributed by atoms with Crippen molar-refractivity contribution in [1.29, 1.82) is 0 Å². The van der Waals surface area contributed by atoms with Crippen LogP contribution in [0.3, 0.4) is 0 Å². The first-order chi connectivity index (χ1) is 9.79. The molecule has 1 heterocycles. The van der Waals surface area contributed by atoms with Crippen molar-refractivity contribution in [3.8, 4) is 11.6 Å². The summed E-state index contributed by atoms with van der Waals surface area (Å²) in [4.78, 5) is 8.76. The normalized spacial score (nSPS) is 11.3. The van der Waals surface area contributed by atoms with Crippen molar-refractivity contribution in [2.45, 2.75) is 26.2 Å². The third-order valence-corrected chi connectivity index (χ3v) is 3.23. The molecule has 2 rings (SSSR count). The number of hydrogen-bond acceptors (Lipinski definition) is 4. The zero-order chi connectivity index (χ0) is 15.6. The molecule has 0 saturated carbocycles. The lowest BCUT2D eigenvalue weighted by Crippen LogP contribution is -2.17. The lowest BCUT2D eigenvalue weighted by Gasteiger charge is -2.18. The van der Waals surface area contributed by atoms with E-state index < -0.39 is 5.82 Å². The number of benzene rings is 1. The molecule has 0 aliphatic rings. The van der Waals surface area contributed by atoms with Crippen molar-refractivity contribution in [2.75, 3.05) is 12.4 Å². The smallest absolute Gasteiger partial charge is 0.224 e. The molecule has 0 radical (unpaired) electrons. The van der Waals surface area contributed by atoms with Gasteiger partial charge in [0.2, 0.25) is 5.88 Å². The fraction of sp³-hybridized carbons (Fsp3) is 0.333. The van der Waals surface area contributed by atoms with Crippen molar-refractivity contribution in [3.63, 3.8) is 0 Å². The molecule has 1 aromatic carbocycles. The van der Waals surface area contributed by atoms with Crippen molar-refractivity contribution in [3.05, 3.63) is 40.4 Å². The summed E-state index contributed by atoms with van der Waals surface area (Å²) >= 11 is 3.29. The largest absolute Gasteiger partial charge is 0.436 e. The molecule has 0 aliphatic heterocycles. The fourth-order valence-electron chi connectivity index (χ4n) is 1.61. The Labute approximate surface area is 131 Å². The van der Waals surface area contributed by atoms with Crippen molar-refractivity contribution >= 4 is 21.7 Å². The third kappa shape index (κ3) is 3.91. The molecular weight excluding hydrogens is 337 g/mol. The first kappa shape index (κ1) is 15.7. The maximum absolute atomic E-state index is 13.8. The number of nitrogens with zero attached hydrogens (tertiary/aromatic N) is 2. The number of halogens is 2. The van der Waals surface area contributed by atoms with Gasteiger partial charge in [0, 0.05) is 23.0 Å². The van der Waals surface area contributed by atoms with Crippen molar-refractivity contribution in [2.24, 2.45) is 0 Å². The summed E-state index contributed by atoms with van der Waals surface area (Å²) in [5.74, 6) is 1.22. The molecule has 0 saturated heterocycles. The molecule has 0 spiro atoms. The van der Waals surface area contributed by atoms with Crippen LogP contribution < -0.4 is 10.1 Å². The standard InChI is InChI=1S/C15H17BrFN3O/c1-15(2,3)14-19-12(18-4)8-13(20-14)21-11-7-9(16)5-6-10(11)17/h5-8H,1-4H3,(H,18,19,20). The molecule has 1 aromatic heterocycles. The van der Waals surface area contributed by atoms with E-state index >= 15 is 0 Å². The minimum absolute atomic E-state index is 0.116. The van der Waals surface area contributed by atoms with E-state index in [0.29, 0.717) is 17.5 Å². The molecule has 4 nitrogen and oxygen atoms in total. The van der Waals surface area contributed by atoms with Crippen LogP contribution >= 0.6 is 15.9 Å². The van der Waals surface area contributed by atoms with Crippen LogP contribution in [0.2, 0.25) is 0 Å². The second-order valence-electron chi connectivity index (χ2n) is 5.59. The average molecular weight is 354 g/mol. The predicted octanol–water partition coefficient (Wildman–Crippen LogP) is 4.51. The molecule has 1 N–H and O–H groups in total. The zero-order valence-corrected chi connectivity index (χ0v) is 14.0. The molecule has 0 bridgehead atoms. The Bertz CT molecular complexity index is 656. The molecule has 0 fully saturated rings. The molecule has 2 aromatic rings. The first-order valence-corrected chi connectivity index (χ1v) is 7.29. The number of anilines is 1. The second-order valence-corrected chi connectivity index (χ2v) is 6.51. The average Bonchev–Trinajstić information content (AvgIpc) is 2.41. The van der Waals surface area contributed by atoms with Crippen LogP contribution in [0.15, 0.2) is 28.7 Å². The summed E-state index contributed by atoms with van der Waals surface area (Å²) in [6, 6.07) is 6.15. The topological polar surface area (TPSA) is 47.0 Å².